The summed E-state index contributed by atoms with van der Waals surface area (Å²) in [4.78, 5) is 4.71. The summed E-state index contributed by atoms with van der Waals surface area (Å²) in [5, 5.41) is 0.451. The van der Waals surface area contributed by atoms with Crippen molar-refractivity contribution < 1.29 is 13.2 Å². The lowest BCUT2D eigenvalue weighted by Gasteiger charge is -2.21. The molecule has 0 aliphatic heterocycles. The maximum absolute atomic E-state index is 13.0. The number of sulfonamides is 1. The van der Waals surface area contributed by atoms with Crippen molar-refractivity contribution in [2.45, 2.75) is 4.90 Å². The first kappa shape index (κ1) is 15.9. The van der Waals surface area contributed by atoms with Gasteiger partial charge in [-0.1, -0.05) is 41.7 Å². The molecule has 3 aromatic rings. The van der Waals surface area contributed by atoms with Gasteiger partial charge in [-0.3, -0.25) is 0 Å². The molecular formula is C16H16N2O3S2. The number of fused-ring (bicyclic) bond motifs is 1. The van der Waals surface area contributed by atoms with Crippen molar-refractivity contribution in [1.29, 1.82) is 0 Å². The molecule has 0 saturated heterocycles. The van der Waals surface area contributed by atoms with Crippen LogP contribution in [0.2, 0.25) is 0 Å². The average Bonchev–Trinajstić information content (AvgIpc) is 2.99. The van der Waals surface area contributed by atoms with E-state index in [-0.39, 0.29) is 11.4 Å². The Labute approximate surface area is 139 Å². The van der Waals surface area contributed by atoms with Crippen molar-refractivity contribution in [2.75, 3.05) is 24.6 Å². The first-order chi connectivity index (χ1) is 11.1. The molecule has 0 atom stereocenters. The number of ether oxygens (including phenoxy) is 1. The van der Waals surface area contributed by atoms with Gasteiger partial charge in [0.2, 0.25) is 5.13 Å². The molecule has 120 valence electrons. The zero-order chi connectivity index (χ0) is 16.3. The predicted molar refractivity (Wildman–Crippen MR) is 92.5 cm³/mol. The maximum Gasteiger partial charge on any atom is 0.266 e. The SMILES string of the molecule is COCCN(c1nc2ccccc2s1)S(=O)(=O)c1ccccc1. The molecule has 1 heterocycles. The monoisotopic (exact) mass is 348 g/mol. The predicted octanol–water partition coefficient (Wildman–Crippen LogP) is 3.14. The van der Waals surface area contributed by atoms with E-state index < -0.39 is 10.0 Å². The van der Waals surface area contributed by atoms with E-state index >= 15 is 0 Å². The lowest BCUT2D eigenvalue weighted by Crippen LogP contribution is -2.33. The Morgan fingerprint density at radius 3 is 2.48 bits per heavy atom. The molecule has 3 rings (SSSR count). The minimum Gasteiger partial charge on any atom is -0.383 e. The number of hydrogen-bond donors (Lipinski definition) is 0. The number of nitrogens with zero attached hydrogens (tertiary/aromatic N) is 2. The molecule has 0 bridgehead atoms. The van der Waals surface area contributed by atoms with Crippen LogP contribution in [0.3, 0.4) is 0 Å². The van der Waals surface area contributed by atoms with Gasteiger partial charge in [-0.2, -0.15) is 0 Å². The van der Waals surface area contributed by atoms with Crippen LogP contribution in [-0.2, 0) is 14.8 Å². The van der Waals surface area contributed by atoms with Gasteiger partial charge in [-0.15, -0.1) is 0 Å². The van der Waals surface area contributed by atoms with E-state index in [4.69, 9.17) is 4.74 Å². The number of benzene rings is 2. The van der Waals surface area contributed by atoms with Crippen LogP contribution >= 0.6 is 11.3 Å². The van der Waals surface area contributed by atoms with Crippen molar-refractivity contribution in [2.24, 2.45) is 0 Å². The molecule has 23 heavy (non-hydrogen) atoms. The zero-order valence-electron chi connectivity index (χ0n) is 12.5. The minimum atomic E-state index is -3.67. The van der Waals surface area contributed by atoms with Crippen LogP contribution in [-0.4, -0.2) is 33.7 Å². The number of anilines is 1. The summed E-state index contributed by atoms with van der Waals surface area (Å²) in [5.41, 5.74) is 0.790. The molecule has 0 fully saturated rings. The first-order valence-corrected chi connectivity index (χ1v) is 9.31. The Morgan fingerprint density at radius 1 is 1.09 bits per heavy atom. The van der Waals surface area contributed by atoms with Crippen molar-refractivity contribution in [1.82, 2.24) is 4.98 Å². The van der Waals surface area contributed by atoms with Gasteiger partial charge in [-0.25, -0.2) is 17.7 Å². The standard InChI is InChI=1S/C16H16N2O3S2/c1-21-12-11-18(23(19,20)13-7-3-2-4-8-13)16-17-14-9-5-6-10-15(14)22-16/h2-10H,11-12H2,1H3. The second-order valence-electron chi connectivity index (χ2n) is 4.85. The van der Waals surface area contributed by atoms with Crippen molar-refractivity contribution in [3.63, 3.8) is 0 Å². The maximum atomic E-state index is 13.0. The molecule has 0 aliphatic carbocycles. The van der Waals surface area contributed by atoms with E-state index in [1.165, 1.54) is 15.6 Å². The fourth-order valence-electron chi connectivity index (χ4n) is 2.18. The van der Waals surface area contributed by atoms with Crippen LogP contribution < -0.4 is 4.31 Å². The molecule has 2 aromatic carbocycles. The molecule has 5 nitrogen and oxygen atoms in total. The molecule has 0 saturated carbocycles. The van der Waals surface area contributed by atoms with Crippen LogP contribution in [0.15, 0.2) is 59.5 Å². The summed E-state index contributed by atoms with van der Waals surface area (Å²) in [7, 11) is -2.13. The second-order valence-corrected chi connectivity index (χ2v) is 7.72. The second kappa shape index (κ2) is 6.66. The molecular weight excluding hydrogens is 332 g/mol. The number of rotatable bonds is 6. The highest BCUT2D eigenvalue weighted by molar-refractivity contribution is 7.93. The minimum absolute atomic E-state index is 0.216. The van der Waals surface area contributed by atoms with Gasteiger partial charge in [0, 0.05) is 7.11 Å². The summed E-state index contributed by atoms with van der Waals surface area (Å²) < 4.78 is 33.2. The van der Waals surface area contributed by atoms with E-state index in [0.29, 0.717) is 11.7 Å². The van der Waals surface area contributed by atoms with E-state index in [0.717, 1.165) is 10.2 Å². The van der Waals surface area contributed by atoms with E-state index in [1.54, 1.807) is 37.4 Å². The molecule has 0 spiro atoms. The highest BCUT2D eigenvalue weighted by Gasteiger charge is 2.27. The normalized spacial score (nSPS) is 11.7. The highest BCUT2D eigenvalue weighted by Crippen LogP contribution is 2.31. The number of thiazole rings is 1. The molecule has 7 heteroatoms. The van der Waals surface area contributed by atoms with Crippen LogP contribution in [0, 0.1) is 0 Å². The van der Waals surface area contributed by atoms with E-state index in [9.17, 15) is 8.42 Å². The smallest absolute Gasteiger partial charge is 0.266 e. The molecule has 0 radical (unpaired) electrons. The fraction of sp³-hybridized carbons (Fsp3) is 0.188. The molecule has 0 N–H and O–H groups in total. The van der Waals surface area contributed by atoms with Crippen molar-refractivity contribution in [3.05, 3.63) is 54.6 Å². The summed E-state index contributed by atoms with van der Waals surface area (Å²) in [5.74, 6) is 0. The number of methoxy groups -OCH3 is 1. The average molecular weight is 348 g/mol. The Morgan fingerprint density at radius 2 is 1.78 bits per heavy atom. The van der Waals surface area contributed by atoms with Gasteiger partial charge in [0.05, 0.1) is 28.3 Å². The summed E-state index contributed by atoms with van der Waals surface area (Å²) in [6.45, 7) is 0.509. The van der Waals surface area contributed by atoms with E-state index in [1.807, 2.05) is 24.3 Å². The van der Waals surface area contributed by atoms with Gasteiger partial charge in [0.15, 0.2) is 0 Å². The molecule has 0 aliphatic rings. The van der Waals surface area contributed by atoms with Gasteiger partial charge in [-0.05, 0) is 24.3 Å². The van der Waals surface area contributed by atoms with Gasteiger partial charge in [0.1, 0.15) is 0 Å². The lowest BCUT2D eigenvalue weighted by atomic mass is 10.3. The Hall–Kier alpha value is -1.96. The third kappa shape index (κ3) is 3.21. The third-order valence-corrected chi connectivity index (χ3v) is 6.30. The Balaban J connectivity index is 2.07. The van der Waals surface area contributed by atoms with Crippen LogP contribution in [0.5, 0.6) is 0 Å². The highest BCUT2D eigenvalue weighted by atomic mass is 32.2. The number of aromatic nitrogens is 1. The summed E-state index contributed by atoms with van der Waals surface area (Å²) >= 11 is 1.36. The van der Waals surface area contributed by atoms with Crippen LogP contribution in [0.25, 0.3) is 10.2 Å². The van der Waals surface area contributed by atoms with Crippen LogP contribution in [0.4, 0.5) is 5.13 Å². The van der Waals surface area contributed by atoms with Gasteiger partial charge in [0.25, 0.3) is 10.0 Å². The molecule has 0 unspecified atom stereocenters. The Bertz CT molecular complexity index is 859. The zero-order valence-corrected chi connectivity index (χ0v) is 14.2. The Kier molecular flexibility index (Phi) is 4.61. The summed E-state index contributed by atoms with van der Waals surface area (Å²) in [6, 6.07) is 16.0. The largest absolute Gasteiger partial charge is 0.383 e. The number of hydrogen-bond acceptors (Lipinski definition) is 5. The van der Waals surface area contributed by atoms with Crippen LogP contribution in [0.1, 0.15) is 0 Å². The quantitative estimate of drug-likeness (QED) is 0.687. The van der Waals surface area contributed by atoms with Gasteiger partial charge < -0.3 is 4.74 Å². The number of para-hydroxylation sites is 1. The molecule has 1 aromatic heterocycles. The summed E-state index contributed by atoms with van der Waals surface area (Å²) in [6.07, 6.45) is 0. The lowest BCUT2D eigenvalue weighted by molar-refractivity contribution is 0.208. The third-order valence-electron chi connectivity index (χ3n) is 3.33. The fourth-order valence-corrected chi connectivity index (χ4v) is 4.80. The van der Waals surface area contributed by atoms with Crippen molar-refractivity contribution >= 4 is 36.7 Å². The topological polar surface area (TPSA) is 59.5 Å². The van der Waals surface area contributed by atoms with E-state index in [2.05, 4.69) is 4.98 Å². The first-order valence-electron chi connectivity index (χ1n) is 7.05. The van der Waals surface area contributed by atoms with Gasteiger partial charge >= 0.3 is 0 Å². The molecule has 0 amide bonds. The van der Waals surface area contributed by atoms with Crippen molar-refractivity contribution in [3.8, 4) is 0 Å².